The van der Waals surface area contributed by atoms with E-state index in [9.17, 15) is 19.2 Å². The summed E-state index contributed by atoms with van der Waals surface area (Å²) in [5.74, 6) is -0.873. The summed E-state index contributed by atoms with van der Waals surface area (Å²) >= 11 is 1.32. The smallest absolute Gasteiger partial charge is 0.329 e. The third kappa shape index (κ3) is 10.6. The molecule has 5 N–H and O–H groups in total. The summed E-state index contributed by atoms with van der Waals surface area (Å²) in [4.78, 5) is 66.0. The van der Waals surface area contributed by atoms with Crippen LogP contribution >= 0.6 is 32.9 Å². The summed E-state index contributed by atoms with van der Waals surface area (Å²) in [5.41, 5.74) is 5.85. The molecule has 1 amide bonds. The zero-order chi connectivity index (χ0) is 32.4. The Bertz CT molecular complexity index is 1660. The molecule has 0 saturated heterocycles. The van der Waals surface area contributed by atoms with Gasteiger partial charge in [0.1, 0.15) is 28.9 Å². The summed E-state index contributed by atoms with van der Waals surface area (Å²) in [6.07, 6.45) is 5.51. The molecule has 0 aliphatic rings. The highest BCUT2D eigenvalue weighted by Crippen LogP contribution is 2.28. The molecule has 4 heterocycles. The van der Waals surface area contributed by atoms with E-state index in [-0.39, 0.29) is 31.0 Å². The Morgan fingerprint density at radius 3 is 2.73 bits per heavy atom. The number of carbonyl (C=O) groups is 3. The van der Waals surface area contributed by atoms with Crippen molar-refractivity contribution in [2.24, 2.45) is 0 Å². The first kappa shape index (κ1) is 34.1. The molecule has 0 aliphatic carbocycles. The fraction of sp³-hybridized carbons (Fsp3) is 0.400. The van der Waals surface area contributed by atoms with Gasteiger partial charge in [0.05, 0.1) is 10.3 Å². The summed E-state index contributed by atoms with van der Waals surface area (Å²) in [5, 5.41) is 4.11. The van der Waals surface area contributed by atoms with E-state index < -0.39 is 29.5 Å². The first-order valence-corrected chi connectivity index (χ1v) is 17.5. The highest BCUT2D eigenvalue weighted by atomic mass is 33.1. The average Bonchev–Trinajstić information content (AvgIpc) is 3.62. The number of nitrogen functional groups attached to an aromatic ring is 1. The minimum atomic E-state index is -1.02. The van der Waals surface area contributed by atoms with Crippen LogP contribution in [0.5, 0.6) is 0 Å². The van der Waals surface area contributed by atoms with Crippen LogP contribution < -0.4 is 16.6 Å². The van der Waals surface area contributed by atoms with Crippen LogP contribution in [0, 0.1) is 0 Å². The average molecular weight is 673 g/mol. The van der Waals surface area contributed by atoms with Gasteiger partial charge in [0, 0.05) is 29.4 Å². The van der Waals surface area contributed by atoms with Gasteiger partial charge in [-0.1, -0.05) is 16.9 Å². The number of anilines is 1. The predicted molar refractivity (Wildman–Crippen MR) is 177 cm³/mol. The first-order chi connectivity index (χ1) is 21.5. The van der Waals surface area contributed by atoms with Gasteiger partial charge < -0.3 is 25.5 Å². The molecule has 0 saturated carbocycles. The molecule has 0 unspecified atom stereocenters. The minimum absolute atomic E-state index is 0.0395. The van der Waals surface area contributed by atoms with Crippen LogP contribution in [0.15, 0.2) is 52.5 Å². The van der Waals surface area contributed by atoms with Crippen LogP contribution in [-0.4, -0.2) is 61.8 Å². The van der Waals surface area contributed by atoms with Gasteiger partial charge in [0.15, 0.2) is 0 Å². The lowest BCUT2D eigenvalue weighted by Crippen LogP contribution is -2.44. The van der Waals surface area contributed by atoms with Gasteiger partial charge in [-0.2, -0.15) is 4.98 Å². The molecule has 4 aromatic heterocycles. The van der Waals surface area contributed by atoms with E-state index in [0.717, 1.165) is 21.9 Å². The zero-order valence-corrected chi connectivity index (χ0v) is 27.7. The summed E-state index contributed by atoms with van der Waals surface area (Å²) in [7, 11) is 3.02. The number of thiophene rings is 1. The number of fused-ring (bicyclic) bond motifs is 1. The number of carbonyl (C=O) groups excluding carboxylic acids is 3. The third-order valence-electron chi connectivity index (χ3n) is 6.24. The SMILES string of the molecule is CC(C)(C)OC(=O)[C@H](CCC(=O)OCCSSc1ccccn1)NC(=O)c1ccc(CCCc2c[nH]c3nc(N)[nH]c(=O)c23)s1. The molecule has 0 fully saturated rings. The quantitative estimate of drug-likeness (QED) is 0.0782. The van der Waals surface area contributed by atoms with Crippen molar-refractivity contribution in [1.82, 2.24) is 25.3 Å². The van der Waals surface area contributed by atoms with Gasteiger partial charge in [0.25, 0.3) is 11.5 Å². The van der Waals surface area contributed by atoms with Gasteiger partial charge in [-0.25, -0.2) is 9.78 Å². The molecule has 4 rings (SSSR count). The normalized spacial score (nSPS) is 12.2. The number of hydrogen-bond donors (Lipinski definition) is 4. The molecule has 0 radical (unpaired) electrons. The van der Waals surface area contributed by atoms with Gasteiger partial charge in [-0.15, -0.1) is 11.3 Å². The maximum Gasteiger partial charge on any atom is 0.329 e. The number of esters is 2. The van der Waals surface area contributed by atoms with Crippen molar-refractivity contribution >= 4 is 67.8 Å². The number of hydrogen-bond acceptors (Lipinski definition) is 12. The monoisotopic (exact) mass is 672 g/mol. The Morgan fingerprint density at radius 2 is 1.98 bits per heavy atom. The lowest BCUT2D eigenvalue weighted by molar-refractivity contribution is -0.157. The van der Waals surface area contributed by atoms with E-state index in [4.69, 9.17) is 15.2 Å². The molecule has 15 heteroatoms. The molecule has 0 bridgehead atoms. The van der Waals surface area contributed by atoms with E-state index in [2.05, 4.69) is 25.3 Å². The number of amides is 1. The van der Waals surface area contributed by atoms with Crippen molar-refractivity contribution in [1.29, 1.82) is 0 Å². The van der Waals surface area contributed by atoms with E-state index in [1.165, 1.54) is 32.9 Å². The predicted octanol–water partition coefficient (Wildman–Crippen LogP) is 4.67. The topological polar surface area (TPSA) is 182 Å². The van der Waals surface area contributed by atoms with Crippen LogP contribution in [-0.2, 0) is 31.9 Å². The van der Waals surface area contributed by atoms with Crippen LogP contribution in [0.2, 0.25) is 0 Å². The van der Waals surface area contributed by atoms with Gasteiger partial charge in [-0.05, 0) is 87.1 Å². The van der Waals surface area contributed by atoms with E-state index in [0.29, 0.717) is 34.5 Å². The maximum atomic E-state index is 13.1. The van der Waals surface area contributed by atoms with Gasteiger partial charge in [0.2, 0.25) is 5.95 Å². The summed E-state index contributed by atoms with van der Waals surface area (Å²) in [6, 6.07) is 8.20. The lowest BCUT2D eigenvalue weighted by atomic mass is 10.1. The van der Waals surface area contributed by atoms with Crippen molar-refractivity contribution < 1.29 is 23.9 Å². The van der Waals surface area contributed by atoms with Crippen molar-refractivity contribution in [3.8, 4) is 0 Å². The molecular formula is C30H36N6O6S3. The number of nitrogens with one attached hydrogen (secondary N) is 3. The molecule has 0 aromatic carbocycles. The van der Waals surface area contributed by atoms with Crippen molar-refractivity contribution in [2.75, 3.05) is 18.1 Å². The van der Waals surface area contributed by atoms with E-state index in [1.54, 1.807) is 39.2 Å². The van der Waals surface area contributed by atoms with E-state index in [1.807, 2.05) is 24.3 Å². The number of aryl methyl sites for hydroxylation is 2. The summed E-state index contributed by atoms with van der Waals surface area (Å²) in [6.45, 7) is 5.43. The minimum Gasteiger partial charge on any atom is -0.465 e. The molecule has 4 aromatic rings. The number of H-pyrrole nitrogens is 2. The van der Waals surface area contributed by atoms with Gasteiger partial charge >= 0.3 is 11.9 Å². The Morgan fingerprint density at radius 1 is 1.16 bits per heavy atom. The number of aromatic amines is 2. The fourth-order valence-corrected chi connectivity index (χ4v) is 6.94. The molecule has 0 aliphatic heterocycles. The number of ether oxygens (including phenoxy) is 2. The van der Waals surface area contributed by atoms with Crippen LogP contribution in [0.3, 0.4) is 0 Å². The van der Waals surface area contributed by atoms with Crippen LogP contribution in [0.1, 0.15) is 60.1 Å². The number of rotatable bonds is 15. The van der Waals surface area contributed by atoms with Crippen molar-refractivity contribution in [3.63, 3.8) is 0 Å². The number of pyridine rings is 1. The maximum absolute atomic E-state index is 13.1. The molecule has 12 nitrogen and oxygen atoms in total. The van der Waals surface area contributed by atoms with Crippen molar-refractivity contribution in [2.45, 2.75) is 69.5 Å². The second-order valence-electron chi connectivity index (χ2n) is 11.0. The lowest BCUT2D eigenvalue weighted by Gasteiger charge is -2.24. The highest BCUT2D eigenvalue weighted by Gasteiger charge is 2.28. The molecule has 0 spiro atoms. The Balaban J connectivity index is 1.26. The van der Waals surface area contributed by atoms with Crippen LogP contribution in [0.4, 0.5) is 5.95 Å². The van der Waals surface area contributed by atoms with Crippen LogP contribution in [0.25, 0.3) is 11.0 Å². The Kier molecular flexibility index (Phi) is 12.1. The number of nitrogens with zero attached hydrogens (tertiary/aromatic N) is 2. The third-order valence-corrected chi connectivity index (χ3v) is 9.62. The van der Waals surface area contributed by atoms with E-state index >= 15 is 0 Å². The first-order valence-electron chi connectivity index (χ1n) is 14.3. The molecule has 1 atom stereocenters. The molecule has 45 heavy (non-hydrogen) atoms. The second kappa shape index (κ2) is 16.0. The number of aromatic nitrogens is 4. The largest absolute Gasteiger partial charge is 0.465 e. The van der Waals surface area contributed by atoms with Gasteiger partial charge in [-0.3, -0.25) is 19.4 Å². The summed E-state index contributed by atoms with van der Waals surface area (Å²) < 4.78 is 10.8. The number of nitrogens with two attached hydrogens (primary N) is 1. The molecular weight excluding hydrogens is 637 g/mol. The molecule has 240 valence electrons. The fourth-order valence-electron chi connectivity index (χ4n) is 4.28. The van der Waals surface area contributed by atoms with Crippen molar-refractivity contribution in [3.05, 3.63) is 68.4 Å². The zero-order valence-electron chi connectivity index (χ0n) is 25.2. The Hall–Kier alpha value is -3.82. The standard InChI is InChI=1S/C30H36N6O6S3/c1-30(2,3)42-28(40)20(11-13-23(37)41-15-16-43-45-22-9-4-5-14-32-22)34-26(38)21-12-10-19(44-21)8-6-7-18-17-33-25-24(18)27(39)36-29(31)35-25/h4-5,9-10,12,14,17,20H,6-8,11,13,15-16H2,1-3H3,(H,34,38)(H4,31,33,35,36,39)/t20-/m0/s1. The Labute approximate surface area is 272 Å². The highest BCUT2D eigenvalue weighted by molar-refractivity contribution is 8.76. The second-order valence-corrected chi connectivity index (χ2v) is 14.6.